The molecule has 0 atom stereocenters. The monoisotopic (exact) mass is 312 g/mol. The van der Waals surface area contributed by atoms with Crippen molar-refractivity contribution in [3.8, 4) is 11.5 Å². The summed E-state index contributed by atoms with van der Waals surface area (Å²) < 4.78 is 10.6. The van der Waals surface area contributed by atoms with E-state index in [0.717, 1.165) is 11.4 Å². The fraction of sp³-hybridized carbons (Fsp3) is 0.167. The highest BCUT2D eigenvalue weighted by Crippen LogP contribution is 2.18. The van der Waals surface area contributed by atoms with Crippen LogP contribution >= 0.6 is 0 Å². The minimum atomic E-state index is -0.145. The number of methoxy groups -OCH3 is 1. The number of carbonyl (C=O) groups is 1. The zero-order valence-corrected chi connectivity index (χ0v) is 13.0. The molecule has 2 aromatic rings. The molecule has 0 spiro atoms. The summed E-state index contributed by atoms with van der Waals surface area (Å²) in [4.78, 5) is 12.0. The maximum absolute atomic E-state index is 12.0. The SMILES string of the molecule is C=CCOc1cccc(NC(=O)CNc2cccc(OC)c2)c1. The number of amides is 1. The molecular formula is C18H20N2O3. The van der Waals surface area contributed by atoms with Crippen molar-refractivity contribution in [2.24, 2.45) is 0 Å². The quantitative estimate of drug-likeness (QED) is 0.734. The lowest BCUT2D eigenvalue weighted by molar-refractivity contribution is -0.114. The van der Waals surface area contributed by atoms with E-state index in [1.54, 1.807) is 19.3 Å². The second-order valence-corrected chi connectivity index (χ2v) is 4.76. The van der Waals surface area contributed by atoms with E-state index in [1.165, 1.54) is 0 Å². The van der Waals surface area contributed by atoms with Gasteiger partial charge in [0.15, 0.2) is 0 Å². The van der Waals surface area contributed by atoms with Crippen molar-refractivity contribution in [1.82, 2.24) is 0 Å². The number of hydrogen-bond acceptors (Lipinski definition) is 4. The summed E-state index contributed by atoms with van der Waals surface area (Å²) in [6.07, 6.45) is 1.67. The Kier molecular flexibility index (Phi) is 6.06. The third kappa shape index (κ3) is 5.39. The third-order valence-electron chi connectivity index (χ3n) is 3.01. The molecule has 2 aromatic carbocycles. The van der Waals surface area contributed by atoms with Crippen LogP contribution < -0.4 is 20.1 Å². The normalized spacial score (nSPS) is 9.78. The largest absolute Gasteiger partial charge is 0.497 e. The molecule has 5 heteroatoms. The van der Waals surface area contributed by atoms with Crippen molar-refractivity contribution >= 4 is 17.3 Å². The first kappa shape index (κ1) is 16.4. The molecule has 5 nitrogen and oxygen atoms in total. The molecule has 23 heavy (non-hydrogen) atoms. The highest BCUT2D eigenvalue weighted by atomic mass is 16.5. The molecule has 0 aliphatic carbocycles. The van der Waals surface area contributed by atoms with Crippen LogP contribution in [0.2, 0.25) is 0 Å². The topological polar surface area (TPSA) is 59.6 Å². The van der Waals surface area contributed by atoms with Crippen LogP contribution in [0.25, 0.3) is 0 Å². The molecule has 2 rings (SSSR count). The van der Waals surface area contributed by atoms with Gasteiger partial charge in [0.1, 0.15) is 18.1 Å². The molecule has 0 fully saturated rings. The van der Waals surface area contributed by atoms with Crippen LogP contribution in [0.15, 0.2) is 61.2 Å². The molecule has 0 saturated carbocycles. The van der Waals surface area contributed by atoms with E-state index in [4.69, 9.17) is 9.47 Å². The molecule has 0 heterocycles. The fourth-order valence-electron chi connectivity index (χ4n) is 1.94. The molecule has 0 radical (unpaired) electrons. The van der Waals surface area contributed by atoms with Gasteiger partial charge >= 0.3 is 0 Å². The summed E-state index contributed by atoms with van der Waals surface area (Å²) in [5.74, 6) is 1.28. The van der Waals surface area contributed by atoms with Crippen molar-refractivity contribution in [3.63, 3.8) is 0 Å². The van der Waals surface area contributed by atoms with Gasteiger partial charge < -0.3 is 20.1 Å². The number of benzene rings is 2. The molecule has 1 amide bonds. The molecular weight excluding hydrogens is 292 g/mol. The van der Waals surface area contributed by atoms with Crippen molar-refractivity contribution in [3.05, 3.63) is 61.2 Å². The molecule has 120 valence electrons. The highest BCUT2D eigenvalue weighted by molar-refractivity contribution is 5.93. The zero-order chi connectivity index (χ0) is 16.5. The van der Waals surface area contributed by atoms with Gasteiger partial charge in [0.25, 0.3) is 0 Å². The second-order valence-electron chi connectivity index (χ2n) is 4.76. The van der Waals surface area contributed by atoms with Gasteiger partial charge in [-0.15, -0.1) is 0 Å². The van der Waals surface area contributed by atoms with Crippen LogP contribution in [0.3, 0.4) is 0 Å². The minimum Gasteiger partial charge on any atom is -0.497 e. The number of carbonyl (C=O) groups excluding carboxylic acids is 1. The van der Waals surface area contributed by atoms with E-state index in [2.05, 4.69) is 17.2 Å². The van der Waals surface area contributed by atoms with Gasteiger partial charge in [0, 0.05) is 23.5 Å². The Balaban J connectivity index is 1.87. The Bertz CT molecular complexity index is 671. The fourth-order valence-corrected chi connectivity index (χ4v) is 1.94. The van der Waals surface area contributed by atoms with Gasteiger partial charge in [0.2, 0.25) is 5.91 Å². The van der Waals surface area contributed by atoms with Crippen molar-refractivity contribution < 1.29 is 14.3 Å². The third-order valence-corrected chi connectivity index (χ3v) is 3.01. The number of ether oxygens (including phenoxy) is 2. The molecule has 2 N–H and O–H groups in total. The van der Waals surface area contributed by atoms with E-state index in [0.29, 0.717) is 18.0 Å². The van der Waals surface area contributed by atoms with Crippen LogP contribution in [-0.4, -0.2) is 26.2 Å². The molecule has 0 aliphatic rings. The van der Waals surface area contributed by atoms with Gasteiger partial charge in [-0.25, -0.2) is 0 Å². The maximum atomic E-state index is 12.0. The van der Waals surface area contributed by atoms with Gasteiger partial charge in [-0.1, -0.05) is 24.8 Å². The van der Waals surface area contributed by atoms with Gasteiger partial charge in [-0.05, 0) is 24.3 Å². The van der Waals surface area contributed by atoms with Gasteiger partial charge in [-0.3, -0.25) is 4.79 Å². The number of rotatable bonds is 8. The Morgan fingerprint density at radius 2 is 1.83 bits per heavy atom. The Hall–Kier alpha value is -2.95. The first-order valence-corrected chi connectivity index (χ1v) is 7.23. The maximum Gasteiger partial charge on any atom is 0.243 e. The Morgan fingerprint density at radius 3 is 2.57 bits per heavy atom. The lowest BCUT2D eigenvalue weighted by Crippen LogP contribution is -2.21. The summed E-state index contributed by atoms with van der Waals surface area (Å²) in [5, 5.41) is 5.87. The summed E-state index contributed by atoms with van der Waals surface area (Å²) in [6, 6.07) is 14.6. The summed E-state index contributed by atoms with van der Waals surface area (Å²) in [6.45, 7) is 4.18. The van der Waals surface area contributed by atoms with Crippen LogP contribution in [0.4, 0.5) is 11.4 Å². The van der Waals surface area contributed by atoms with E-state index >= 15 is 0 Å². The number of nitrogens with one attached hydrogen (secondary N) is 2. The smallest absolute Gasteiger partial charge is 0.243 e. The Labute approximate surface area is 135 Å². The molecule has 0 unspecified atom stereocenters. The van der Waals surface area contributed by atoms with Gasteiger partial charge in [0.05, 0.1) is 13.7 Å². The first-order valence-electron chi connectivity index (χ1n) is 7.23. The van der Waals surface area contributed by atoms with Crippen LogP contribution in [0, 0.1) is 0 Å². The van der Waals surface area contributed by atoms with Crippen molar-refractivity contribution in [2.75, 3.05) is 30.9 Å². The second kappa shape index (κ2) is 8.48. The minimum absolute atomic E-state index is 0.145. The van der Waals surface area contributed by atoms with Crippen LogP contribution in [0.1, 0.15) is 0 Å². The number of anilines is 2. The van der Waals surface area contributed by atoms with E-state index < -0.39 is 0 Å². The average molecular weight is 312 g/mol. The van der Waals surface area contributed by atoms with E-state index in [9.17, 15) is 4.79 Å². The van der Waals surface area contributed by atoms with Crippen molar-refractivity contribution in [2.45, 2.75) is 0 Å². The van der Waals surface area contributed by atoms with Crippen molar-refractivity contribution in [1.29, 1.82) is 0 Å². The Morgan fingerprint density at radius 1 is 1.13 bits per heavy atom. The first-order chi connectivity index (χ1) is 11.2. The van der Waals surface area contributed by atoms with E-state index in [-0.39, 0.29) is 12.5 Å². The predicted octanol–water partition coefficient (Wildman–Crippen LogP) is 3.31. The number of hydrogen-bond donors (Lipinski definition) is 2. The molecule has 0 bridgehead atoms. The molecule has 0 aromatic heterocycles. The highest BCUT2D eigenvalue weighted by Gasteiger charge is 2.04. The predicted molar refractivity (Wildman–Crippen MR) is 92.2 cm³/mol. The van der Waals surface area contributed by atoms with E-state index in [1.807, 2.05) is 42.5 Å². The lowest BCUT2D eigenvalue weighted by atomic mass is 10.3. The standard InChI is InChI=1S/C18H20N2O3/c1-3-10-23-17-9-5-7-15(12-17)20-18(21)13-19-14-6-4-8-16(11-14)22-2/h3-9,11-12,19H,1,10,13H2,2H3,(H,20,21). The van der Waals surface area contributed by atoms with Crippen LogP contribution in [-0.2, 0) is 4.79 Å². The van der Waals surface area contributed by atoms with Crippen LogP contribution in [0.5, 0.6) is 11.5 Å². The summed E-state index contributed by atoms with van der Waals surface area (Å²) in [5.41, 5.74) is 1.51. The van der Waals surface area contributed by atoms with Gasteiger partial charge in [-0.2, -0.15) is 0 Å². The zero-order valence-electron chi connectivity index (χ0n) is 13.0. The average Bonchev–Trinajstić information content (AvgIpc) is 2.58. The summed E-state index contributed by atoms with van der Waals surface area (Å²) in [7, 11) is 1.60. The lowest BCUT2D eigenvalue weighted by Gasteiger charge is -2.10. The summed E-state index contributed by atoms with van der Waals surface area (Å²) >= 11 is 0. The molecule has 0 aliphatic heterocycles. The molecule has 0 saturated heterocycles.